The fourth-order valence-electron chi connectivity index (χ4n) is 1.90. The van der Waals surface area contributed by atoms with Gasteiger partial charge in [-0.25, -0.2) is 4.21 Å². The molecule has 0 atom stereocenters. The monoisotopic (exact) mass is 380 g/mol. The Labute approximate surface area is 146 Å². The average molecular weight is 381 g/mol. The Morgan fingerprint density at radius 2 is 1.83 bits per heavy atom. The predicted octanol–water partition coefficient (Wildman–Crippen LogP) is 3.52. The molecule has 0 aliphatic rings. The van der Waals surface area contributed by atoms with E-state index in [1.807, 2.05) is 36.4 Å². The largest absolute Gasteiger partial charge is 0.497 e. The highest BCUT2D eigenvalue weighted by molar-refractivity contribution is 8.26. The predicted molar refractivity (Wildman–Crippen MR) is 94.4 cm³/mol. The first-order valence-electron chi connectivity index (χ1n) is 6.40. The fourth-order valence-corrected chi connectivity index (χ4v) is 1.90. The third-order valence-corrected chi connectivity index (χ3v) is 2.79. The smallest absolute Gasteiger partial charge is 0.303 e. The second-order valence-electron chi connectivity index (χ2n) is 4.08. The van der Waals surface area contributed by atoms with Crippen LogP contribution in [-0.2, 0) is 20.4 Å². The summed E-state index contributed by atoms with van der Waals surface area (Å²) in [7, 11) is 9.98. The molecule has 0 aliphatic heterocycles. The van der Waals surface area contributed by atoms with Crippen LogP contribution in [-0.4, -0.2) is 34.6 Å². The first kappa shape index (κ1) is 21.7. The zero-order valence-corrected chi connectivity index (χ0v) is 15.0. The molecular formula is C15H18Cl2O5S. The average Bonchev–Trinajstić information content (AvgIpc) is 2.53. The highest BCUT2D eigenvalue weighted by Crippen LogP contribution is 2.24. The fraction of sp³-hybridized carbons (Fsp3) is 0.267. The van der Waals surface area contributed by atoms with E-state index in [0.29, 0.717) is 6.42 Å². The van der Waals surface area contributed by atoms with Gasteiger partial charge in [0.05, 0.1) is 7.11 Å². The maximum Gasteiger partial charge on any atom is 0.303 e. The van der Waals surface area contributed by atoms with Gasteiger partial charge in [0.15, 0.2) is 0 Å². The van der Waals surface area contributed by atoms with Gasteiger partial charge in [0, 0.05) is 34.9 Å². The number of carboxylic acids is 1. The molecule has 5 nitrogen and oxygen atoms in total. The van der Waals surface area contributed by atoms with Crippen molar-refractivity contribution in [2.75, 3.05) is 14.2 Å². The van der Waals surface area contributed by atoms with Gasteiger partial charge in [0.1, 0.15) is 5.75 Å². The van der Waals surface area contributed by atoms with Crippen molar-refractivity contribution in [1.29, 1.82) is 0 Å². The van der Waals surface area contributed by atoms with E-state index in [1.54, 1.807) is 7.11 Å². The molecule has 0 saturated carbocycles. The molecule has 0 spiro atoms. The number of methoxy groups -OCH3 is 1. The molecule has 0 heterocycles. The lowest BCUT2D eigenvalue weighted by molar-refractivity contribution is -0.136. The highest BCUT2D eigenvalue weighted by atomic mass is 36.0. The van der Waals surface area contributed by atoms with Crippen LogP contribution in [0.2, 0.25) is 0 Å². The number of carboxylic acid groups (broad SMARTS) is 1. The number of aliphatic hydroxyl groups is 1. The van der Waals surface area contributed by atoms with Crippen LogP contribution in [0.15, 0.2) is 36.4 Å². The number of ether oxygens (including phenoxy) is 1. The van der Waals surface area contributed by atoms with Crippen molar-refractivity contribution in [2.45, 2.75) is 12.8 Å². The first-order valence-corrected chi connectivity index (χ1v) is 9.20. The van der Waals surface area contributed by atoms with E-state index >= 15 is 0 Å². The second kappa shape index (κ2) is 12.1. The Bertz CT molecular complexity index is 645. The van der Waals surface area contributed by atoms with Gasteiger partial charge in [0.2, 0.25) is 9.23 Å². The summed E-state index contributed by atoms with van der Waals surface area (Å²) in [5, 5.41) is 17.9. The minimum atomic E-state index is -1.67. The molecule has 23 heavy (non-hydrogen) atoms. The van der Waals surface area contributed by atoms with Crippen molar-refractivity contribution in [3.63, 3.8) is 0 Å². The summed E-state index contributed by atoms with van der Waals surface area (Å²) in [6.45, 7) is 0. The second-order valence-corrected chi connectivity index (χ2v) is 6.61. The molecular weight excluding hydrogens is 363 g/mol. The Morgan fingerprint density at radius 3 is 2.35 bits per heavy atom. The van der Waals surface area contributed by atoms with E-state index in [-0.39, 0.29) is 6.42 Å². The number of hydrogen-bond donors (Lipinski definition) is 2. The van der Waals surface area contributed by atoms with Crippen LogP contribution in [0.4, 0.5) is 0 Å². The molecule has 0 aliphatic carbocycles. The van der Waals surface area contributed by atoms with E-state index < -0.39 is 15.2 Å². The number of halogens is 2. The lowest BCUT2D eigenvalue weighted by Crippen LogP contribution is -1.98. The molecule has 2 rings (SSSR count). The minimum absolute atomic E-state index is 0.149. The lowest BCUT2D eigenvalue weighted by atomic mass is 10.0. The third-order valence-electron chi connectivity index (χ3n) is 2.79. The zero-order chi connectivity index (χ0) is 17.8. The van der Waals surface area contributed by atoms with Gasteiger partial charge < -0.3 is 14.9 Å². The molecule has 2 N–H and O–H groups in total. The van der Waals surface area contributed by atoms with Crippen molar-refractivity contribution in [3.8, 4) is 5.75 Å². The molecule has 0 radical (unpaired) electrons. The summed E-state index contributed by atoms with van der Waals surface area (Å²) in [6.07, 6.45) is 0.691. The van der Waals surface area contributed by atoms with Crippen LogP contribution in [0.25, 0.3) is 10.8 Å². The van der Waals surface area contributed by atoms with Gasteiger partial charge in [0.25, 0.3) is 0 Å². The maximum absolute atomic E-state index is 10.6. The van der Waals surface area contributed by atoms with Gasteiger partial charge >= 0.3 is 5.97 Å². The van der Waals surface area contributed by atoms with Crippen molar-refractivity contribution in [1.82, 2.24) is 0 Å². The van der Waals surface area contributed by atoms with E-state index in [9.17, 15) is 4.79 Å². The van der Waals surface area contributed by atoms with Crippen molar-refractivity contribution in [3.05, 3.63) is 42.0 Å². The van der Waals surface area contributed by atoms with E-state index in [1.165, 1.54) is 0 Å². The number of aliphatic carboxylic acids is 1. The molecule has 0 saturated heterocycles. The van der Waals surface area contributed by atoms with Crippen LogP contribution < -0.4 is 4.74 Å². The van der Waals surface area contributed by atoms with Crippen molar-refractivity contribution >= 4 is 47.3 Å². The number of hydrogen-bond acceptors (Lipinski definition) is 4. The molecule has 8 heteroatoms. The van der Waals surface area contributed by atoms with E-state index in [4.69, 9.17) is 19.2 Å². The summed E-state index contributed by atoms with van der Waals surface area (Å²) < 4.78 is 14.3. The summed E-state index contributed by atoms with van der Waals surface area (Å²) in [4.78, 5) is 10.6. The van der Waals surface area contributed by atoms with Crippen molar-refractivity contribution in [2.24, 2.45) is 0 Å². The van der Waals surface area contributed by atoms with Crippen LogP contribution in [0.5, 0.6) is 5.75 Å². The standard InChI is InChI=1S/C14H14O3.CH4O.Cl2OS/c1-17-12-7-5-10-3-2-4-11(13(10)9-12)6-8-14(15)16;1-2;1-4(2)3/h2-5,7,9H,6,8H2,1H3,(H,15,16);2H,1H3;. The highest BCUT2D eigenvalue weighted by Gasteiger charge is 2.04. The van der Waals surface area contributed by atoms with Gasteiger partial charge in [-0.15, -0.1) is 0 Å². The number of aryl methyl sites for hydroxylation is 1. The topological polar surface area (TPSA) is 83.8 Å². The van der Waals surface area contributed by atoms with Crippen molar-refractivity contribution < 1.29 is 24.0 Å². The van der Waals surface area contributed by atoms with Crippen LogP contribution in [0.1, 0.15) is 12.0 Å². The summed E-state index contributed by atoms with van der Waals surface area (Å²) in [5.41, 5.74) is 1.05. The third kappa shape index (κ3) is 8.76. The Morgan fingerprint density at radius 1 is 1.22 bits per heavy atom. The number of benzene rings is 2. The molecule has 2 aromatic carbocycles. The summed E-state index contributed by atoms with van der Waals surface area (Å²) in [6, 6.07) is 11.8. The zero-order valence-electron chi connectivity index (χ0n) is 12.7. The van der Waals surface area contributed by atoms with Gasteiger partial charge in [-0.05, 0) is 34.9 Å². The Hall–Kier alpha value is -1.34. The van der Waals surface area contributed by atoms with Gasteiger partial charge in [-0.3, -0.25) is 4.79 Å². The number of aliphatic hydroxyl groups excluding tert-OH is 1. The minimum Gasteiger partial charge on any atom is -0.497 e. The SMILES string of the molecule is CO.COc1ccc2cccc(CCC(=O)O)c2c1.O=S(Cl)Cl. The van der Waals surface area contributed by atoms with E-state index in [0.717, 1.165) is 29.2 Å². The Balaban J connectivity index is 0.000000705. The summed E-state index contributed by atoms with van der Waals surface area (Å²) in [5.74, 6) is 0.0187. The number of carbonyl (C=O) groups is 1. The number of rotatable bonds is 4. The summed E-state index contributed by atoms with van der Waals surface area (Å²) >= 11 is 0. The molecule has 0 aromatic heterocycles. The van der Waals surface area contributed by atoms with E-state index in [2.05, 4.69) is 21.4 Å². The van der Waals surface area contributed by atoms with Gasteiger partial charge in [-0.2, -0.15) is 0 Å². The maximum atomic E-state index is 10.6. The first-order chi connectivity index (χ1) is 10.9. The quantitative estimate of drug-likeness (QED) is 0.792. The van der Waals surface area contributed by atoms with Crippen LogP contribution in [0.3, 0.4) is 0 Å². The molecule has 128 valence electrons. The Kier molecular flexibility index (Phi) is 11.4. The van der Waals surface area contributed by atoms with Crippen LogP contribution in [0, 0.1) is 0 Å². The molecule has 0 unspecified atom stereocenters. The molecule has 0 amide bonds. The number of fused-ring (bicyclic) bond motifs is 1. The molecule has 0 bridgehead atoms. The van der Waals surface area contributed by atoms with Gasteiger partial charge in [-0.1, -0.05) is 24.3 Å². The molecule has 0 fully saturated rings. The van der Waals surface area contributed by atoms with Crippen LogP contribution >= 0.6 is 21.4 Å². The molecule has 2 aromatic rings. The normalized spacial score (nSPS) is 9.48. The lowest BCUT2D eigenvalue weighted by Gasteiger charge is -2.07.